The predicted octanol–water partition coefficient (Wildman–Crippen LogP) is 1.95. The smallest absolute Gasteiger partial charge is 0.440 e. The van der Waals surface area contributed by atoms with Crippen molar-refractivity contribution in [3.8, 4) is 0 Å². The summed E-state index contributed by atoms with van der Waals surface area (Å²) in [6, 6.07) is 9.62. The number of benzene rings is 1. The largest absolute Gasteiger partial charge is 0.467 e. The summed E-state index contributed by atoms with van der Waals surface area (Å²) in [5.41, 5.74) is -3.07. The fourth-order valence-corrected chi connectivity index (χ4v) is 2.66. The molecular weight excluding hydrogens is 367 g/mol. The standard InChI is InChI=1S/C17H14F3N3O4/c18-17(19,20)16(21-13(24)9-11-5-2-1-3-6-11)14(25)23(15(26)22-16)10-12-7-4-8-27-12/h1-8H,9-10H2,(H,21,24)(H,22,26). The quantitative estimate of drug-likeness (QED) is 0.775. The number of hydrogen-bond donors (Lipinski definition) is 2. The molecule has 1 aromatic heterocycles. The minimum atomic E-state index is -5.25. The van der Waals surface area contributed by atoms with E-state index in [1.54, 1.807) is 41.0 Å². The van der Waals surface area contributed by atoms with Crippen molar-refractivity contribution in [2.45, 2.75) is 24.8 Å². The van der Waals surface area contributed by atoms with E-state index in [-0.39, 0.29) is 12.2 Å². The van der Waals surface area contributed by atoms with Gasteiger partial charge >= 0.3 is 12.2 Å². The highest BCUT2D eigenvalue weighted by Crippen LogP contribution is 2.34. The number of imide groups is 1. The number of amides is 4. The van der Waals surface area contributed by atoms with Gasteiger partial charge in [-0.25, -0.2) is 4.79 Å². The molecule has 2 heterocycles. The van der Waals surface area contributed by atoms with Gasteiger partial charge in [0.2, 0.25) is 5.91 Å². The van der Waals surface area contributed by atoms with E-state index in [4.69, 9.17) is 4.42 Å². The van der Waals surface area contributed by atoms with E-state index in [1.807, 2.05) is 0 Å². The van der Waals surface area contributed by atoms with Crippen LogP contribution in [0.5, 0.6) is 0 Å². The van der Waals surface area contributed by atoms with Crippen LogP contribution in [0.4, 0.5) is 18.0 Å². The number of nitrogens with one attached hydrogen (secondary N) is 2. The first-order valence-electron chi connectivity index (χ1n) is 7.81. The average molecular weight is 381 g/mol. The predicted molar refractivity (Wildman–Crippen MR) is 84.9 cm³/mol. The second-order valence-electron chi connectivity index (χ2n) is 5.86. The number of halogens is 3. The molecule has 1 saturated heterocycles. The molecule has 0 bridgehead atoms. The molecule has 0 aliphatic carbocycles. The SMILES string of the molecule is O=C(Cc1ccccc1)NC1(C(F)(F)F)NC(=O)N(Cc2ccco2)C1=O. The molecule has 1 aliphatic heterocycles. The van der Waals surface area contributed by atoms with Crippen molar-refractivity contribution >= 4 is 17.8 Å². The Morgan fingerprint density at radius 3 is 2.44 bits per heavy atom. The van der Waals surface area contributed by atoms with Crippen LogP contribution >= 0.6 is 0 Å². The number of nitrogens with zero attached hydrogens (tertiary/aromatic N) is 1. The Morgan fingerprint density at radius 2 is 1.85 bits per heavy atom. The third-order valence-electron chi connectivity index (χ3n) is 3.96. The number of hydrogen-bond acceptors (Lipinski definition) is 4. The summed E-state index contributed by atoms with van der Waals surface area (Å²) in [6.07, 6.45) is -4.38. The Labute approximate surface area is 151 Å². The van der Waals surface area contributed by atoms with E-state index in [0.29, 0.717) is 10.5 Å². The van der Waals surface area contributed by atoms with Crippen molar-refractivity contribution in [3.63, 3.8) is 0 Å². The van der Waals surface area contributed by atoms with Crippen LogP contribution in [0.15, 0.2) is 53.1 Å². The van der Waals surface area contributed by atoms with Gasteiger partial charge in [0.15, 0.2) is 0 Å². The monoisotopic (exact) mass is 381 g/mol. The molecule has 27 heavy (non-hydrogen) atoms. The Morgan fingerprint density at radius 1 is 1.15 bits per heavy atom. The zero-order chi connectivity index (χ0) is 19.7. The summed E-state index contributed by atoms with van der Waals surface area (Å²) >= 11 is 0. The Bertz CT molecular complexity index is 852. The van der Waals surface area contributed by atoms with Crippen molar-refractivity contribution in [1.82, 2.24) is 15.5 Å². The molecule has 10 heteroatoms. The van der Waals surface area contributed by atoms with Gasteiger partial charge in [0.05, 0.1) is 19.2 Å². The van der Waals surface area contributed by atoms with Gasteiger partial charge < -0.3 is 9.73 Å². The number of furan rings is 1. The maximum absolute atomic E-state index is 13.7. The molecular formula is C17H14F3N3O4. The molecule has 3 rings (SSSR count). The van der Waals surface area contributed by atoms with E-state index in [2.05, 4.69) is 0 Å². The third-order valence-corrected chi connectivity index (χ3v) is 3.96. The summed E-state index contributed by atoms with van der Waals surface area (Å²) in [5.74, 6) is -2.57. The van der Waals surface area contributed by atoms with Gasteiger partial charge in [-0.1, -0.05) is 30.3 Å². The van der Waals surface area contributed by atoms with Crippen LogP contribution in [0, 0.1) is 0 Å². The molecule has 2 aromatic rings. The number of carbonyl (C=O) groups is 3. The molecule has 1 aliphatic rings. The van der Waals surface area contributed by atoms with E-state index >= 15 is 0 Å². The molecule has 1 fully saturated rings. The van der Waals surface area contributed by atoms with Crippen molar-refractivity contribution in [2.75, 3.05) is 0 Å². The maximum atomic E-state index is 13.7. The Balaban J connectivity index is 1.84. The van der Waals surface area contributed by atoms with Crippen molar-refractivity contribution in [2.24, 2.45) is 0 Å². The summed E-state index contributed by atoms with van der Waals surface area (Å²) in [5, 5.41) is 3.23. The van der Waals surface area contributed by atoms with Crippen molar-refractivity contribution < 1.29 is 32.0 Å². The van der Waals surface area contributed by atoms with E-state index in [9.17, 15) is 27.6 Å². The van der Waals surface area contributed by atoms with Crippen molar-refractivity contribution in [1.29, 1.82) is 0 Å². The second kappa shape index (κ2) is 6.78. The molecule has 0 saturated carbocycles. The number of urea groups is 1. The van der Waals surface area contributed by atoms with Crippen LogP contribution < -0.4 is 10.6 Å². The van der Waals surface area contributed by atoms with Crippen LogP contribution in [0.1, 0.15) is 11.3 Å². The topological polar surface area (TPSA) is 91.7 Å². The van der Waals surface area contributed by atoms with Crippen LogP contribution in [-0.4, -0.2) is 34.6 Å². The van der Waals surface area contributed by atoms with Gasteiger partial charge in [0.1, 0.15) is 5.76 Å². The summed E-state index contributed by atoms with van der Waals surface area (Å²) in [4.78, 5) is 37.0. The van der Waals surface area contributed by atoms with Crippen LogP contribution in [-0.2, 0) is 22.6 Å². The summed E-state index contributed by atoms with van der Waals surface area (Å²) in [7, 11) is 0. The summed E-state index contributed by atoms with van der Waals surface area (Å²) in [6.45, 7) is -0.496. The fraction of sp³-hybridized carbons (Fsp3) is 0.235. The van der Waals surface area contributed by atoms with Gasteiger partial charge in [-0.2, -0.15) is 13.2 Å². The molecule has 0 spiro atoms. The van der Waals surface area contributed by atoms with E-state index in [1.165, 1.54) is 18.4 Å². The molecule has 1 aromatic carbocycles. The van der Waals surface area contributed by atoms with Crippen molar-refractivity contribution in [3.05, 3.63) is 60.1 Å². The molecule has 142 valence electrons. The Hall–Kier alpha value is -3.30. The Kier molecular flexibility index (Phi) is 4.64. The normalized spacial score (nSPS) is 19.9. The first kappa shape index (κ1) is 18.5. The number of rotatable bonds is 5. The van der Waals surface area contributed by atoms with Gasteiger partial charge in [-0.15, -0.1) is 0 Å². The number of carbonyl (C=O) groups excluding carboxylic acids is 3. The third kappa shape index (κ3) is 3.50. The molecule has 4 amide bonds. The minimum Gasteiger partial charge on any atom is -0.467 e. The lowest BCUT2D eigenvalue weighted by Gasteiger charge is -2.29. The van der Waals surface area contributed by atoms with E-state index < -0.39 is 36.2 Å². The van der Waals surface area contributed by atoms with Gasteiger partial charge in [0.25, 0.3) is 11.6 Å². The molecule has 2 N–H and O–H groups in total. The fourth-order valence-electron chi connectivity index (χ4n) is 2.66. The molecule has 1 unspecified atom stereocenters. The lowest BCUT2D eigenvalue weighted by atomic mass is 10.1. The maximum Gasteiger partial charge on any atom is 0.440 e. The lowest BCUT2D eigenvalue weighted by molar-refractivity contribution is -0.204. The highest BCUT2D eigenvalue weighted by molar-refractivity contribution is 6.08. The van der Waals surface area contributed by atoms with Crippen LogP contribution in [0.25, 0.3) is 0 Å². The zero-order valence-corrected chi connectivity index (χ0v) is 13.7. The van der Waals surface area contributed by atoms with Gasteiger partial charge in [-0.05, 0) is 17.7 Å². The highest BCUT2D eigenvalue weighted by Gasteiger charge is 2.68. The minimum absolute atomic E-state index is 0.118. The first-order chi connectivity index (χ1) is 12.7. The lowest BCUT2D eigenvalue weighted by Crippen LogP contribution is -2.69. The summed E-state index contributed by atoms with van der Waals surface area (Å²) < 4.78 is 46.0. The molecule has 1 atom stereocenters. The van der Waals surface area contributed by atoms with E-state index in [0.717, 1.165) is 0 Å². The van der Waals surface area contributed by atoms with Gasteiger partial charge in [-0.3, -0.25) is 19.8 Å². The van der Waals surface area contributed by atoms with Gasteiger partial charge in [0, 0.05) is 0 Å². The van der Waals surface area contributed by atoms with Crippen LogP contribution in [0.3, 0.4) is 0 Å². The van der Waals surface area contributed by atoms with Crippen LogP contribution in [0.2, 0.25) is 0 Å². The molecule has 0 radical (unpaired) electrons. The zero-order valence-electron chi connectivity index (χ0n) is 13.7. The molecule has 7 nitrogen and oxygen atoms in total. The first-order valence-corrected chi connectivity index (χ1v) is 7.81. The number of alkyl halides is 3. The second-order valence-corrected chi connectivity index (χ2v) is 5.86. The highest BCUT2D eigenvalue weighted by atomic mass is 19.4. The average Bonchev–Trinajstić information content (AvgIpc) is 3.18.